The summed E-state index contributed by atoms with van der Waals surface area (Å²) in [5.74, 6) is -1.48. The van der Waals surface area contributed by atoms with E-state index in [4.69, 9.17) is 0 Å². The van der Waals surface area contributed by atoms with Crippen molar-refractivity contribution in [2.24, 2.45) is 0 Å². The second-order valence-electron chi connectivity index (χ2n) is 7.79. The number of aliphatic carboxylic acids is 1. The predicted molar refractivity (Wildman–Crippen MR) is 123 cm³/mol. The number of rotatable bonds is 10. The number of hydrogen-bond acceptors (Lipinski definition) is 4. The lowest BCUT2D eigenvalue weighted by molar-refractivity contribution is -0.135. The van der Waals surface area contributed by atoms with Crippen molar-refractivity contribution in [1.29, 1.82) is 0 Å². The highest BCUT2D eigenvalue weighted by molar-refractivity contribution is 6.03. The Labute approximate surface area is 182 Å². The zero-order valence-electron chi connectivity index (χ0n) is 18.0. The molecule has 0 aliphatic carbocycles. The number of carbonyl (C=O) groups is 2. The number of fused-ring (bicyclic) bond motifs is 1. The van der Waals surface area contributed by atoms with Crippen molar-refractivity contribution in [3.63, 3.8) is 0 Å². The zero-order chi connectivity index (χ0) is 22.4. The van der Waals surface area contributed by atoms with Crippen LogP contribution in [0.15, 0.2) is 48.5 Å². The van der Waals surface area contributed by atoms with E-state index >= 15 is 0 Å². The number of hydrogen-bond donors (Lipinski definition) is 2. The molecular weight excluding hydrogens is 392 g/mol. The molecule has 162 valence electrons. The normalized spacial score (nSPS) is 10.9. The van der Waals surface area contributed by atoms with Crippen LogP contribution in [0.5, 0.6) is 0 Å². The molecule has 6 nitrogen and oxygen atoms in total. The van der Waals surface area contributed by atoms with Crippen LogP contribution in [0.4, 0.5) is 5.82 Å². The first-order valence-corrected chi connectivity index (χ1v) is 10.6. The molecule has 3 rings (SSSR count). The smallest absolute Gasteiger partial charge is 0.336 e. The van der Waals surface area contributed by atoms with Gasteiger partial charge >= 0.3 is 11.9 Å². The molecule has 0 saturated carbocycles. The first-order valence-electron chi connectivity index (χ1n) is 10.6. The van der Waals surface area contributed by atoms with Gasteiger partial charge in [0.25, 0.3) is 0 Å². The molecule has 31 heavy (non-hydrogen) atoms. The fourth-order valence-electron chi connectivity index (χ4n) is 3.78. The number of unbranched alkanes of at least 4 members (excludes halogenated alkanes) is 3. The lowest BCUT2D eigenvalue weighted by atomic mass is 9.94. The highest BCUT2D eigenvalue weighted by Crippen LogP contribution is 2.34. The summed E-state index contributed by atoms with van der Waals surface area (Å²) in [7, 11) is 1.66. The van der Waals surface area contributed by atoms with E-state index in [-0.39, 0.29) is 12.1 Å². The molecule has 1 aromatic heterocycles. The Morgan fingerprint density at radius 3 is 2.45 bits per heavy atom. The summed E-state index contributed by atoms with van der Waals surface area (Å²) in [6.07, 6.45) is 5.64. The maximum Gasteiger partial charge on any atom is 0.336 e. The lowest BCUT2D eigenvalue weighted by Crippen LogP contribution is -2.26. The molecule has 6 heteroatoms. The van der Waals surface area contributed by atoms with Crippen LogP contribution in [0.1, 0.15) is 48.5 Å². The number of carboxylic acid groups (broad SMARTS) is 2. The average Bonchev–Trinajstić information content (AvgIpc) is 2.75. The molecule has 0 bridgehead atoms. The molecule has 3 aromatic rings. The Bertz CT molecular complexity index is 1090. The van der Waals surface area contributed by atoms with Gasteiger partial charge in [0.1, 0.15) is 12.4 Å². The van der Waals surface area contributed by atoms with E-state index in [9.17, 15) is 19.8 Å². The van der Waals surface area contributed by atoms with E-state index in [1.54, 1.807) is 36.2 Å². The van der Waals surface area contributed by atoms with Gasteiger partial charge in [0.05, 0.1) is 11.1 Å². The van der Waals surface area contributed by atoms with Crippen LogP contribution >= 0.6 is 0 Å². The monoisotopic (exact) mass is 420 g/mol. The summed E-state index contributed by atoms with van der Waals surface area (Å²) in [5, 5.41) is 19.8. The first-order chi connectivity index (χ1) is 14.9. The predicted octanol–water partition coefficient (Wildman–Crippen LogP) is 5.24. The molecule has 0 aliphatic rings. The zero-order valence-corrected chi connectivity index (χ0v) is 18.0. The van der Waals surface area contributed by atoms with Gasteiger partial charge in [-0.15, -0.1) is 0 Å². The highest BCUT2D eigenvalue weighted by Gasteiger charge is 2.17. The quantitative estimate of drug-likeness (QED) is 0.436. The summed E-state index contributed by atoms with van der Waals surface area (Å²) < 4.78 is 0. The van der Waals surface area contributed by atoms with E-state index < -0.39 is 11.9 Å². The molecule has 0 fully saturated rings. The Morgan fingerprint density at radius 1 is 0.968 bits per heavy atom. The lowest BCUT2D eigenvalue weighted by Gasteiger charge is -2.19. The van der Waals surface area contributed by atoms with Crippen molar-refractivity contribution in [1.82, 2.24) is 4.98 Å². The molecule has 0 unspecified atom stereocenters. The van der Waals surface area contributed by atoms with E-state index in [0.29, 0.717) is 16.9 Å². The Kier molecular flexibility index (Phi) is 7.23. The van der Waals surface area contributed by atoms with Crippen molar-refractivity contribution >= 4 is 28.7 Å². The van der Waals surface area contributed by atoms with Gasteiger partial charge in [0, 0.05) is 12.4 Å². The molecule has 2 aromatic carbocycles. The van der Waals surface area contributed by atoms with Gasteiger partial charge in [-0.05, 0) is 53.8 Å². The van der Waals surface area contributed by atoms with E-state index in [1.807, 2.05) is 12.1 Å². The Morgan fingerprint density at radius 2 is 1.74 bits per heavy atom. The van der Waals surface area contributed by atoms with Crippen molar-refractivity contribution in [3.05, 3.63) is 59.7 Å². The summed E-state index contributed by atoms with van der Waals surface area (Å²) in [6.45, 7) is 1.99. The summed E-state index contributed by atoms with van der Waals surface area (Å²) in [5.41, 5.74) is 3.43. The number of carboxylic acids is 2. The Balaban J connectivity index is 2.14. The standard InChI is InChI=1S/C25H28N2O4/c1-3-4-5-6-9-17-12-13-22-21(14-17)20(15-23(26-22)27(2)16-24(28)29)18-10-7-8-11-19(18)25(30)31/h7-8,10-15H,3-6,9,16H2,1-2H3,(H,28,29)(H,30,31). The van der Waals surface area contributed by atoms with Gasteiger partial charge in [-0.3, -0.25) is 4.79 Å². The number of benzene rings is 2. The number of nitrogens with zero attached hydrogens (tertiary/aromatic N) is 2. The van der Waals surface area contributed by atoms with Crippen LogP contribution in [0, 0.1) is 0 Å². The maximum atomic E-state index is 11.9. The summed E-state index contributed by atoms with van der Waals surface area (Å²) >= 11 is 0. The van der Waals surface area contributed by atoms with Crippen LogP contribution in [0.2, 0.25) is 0 Å². The summed E-state index contributed by atoms with van der Waals surface area (Å²) in [4.78, 5) is 29.3. The minimum atomic E-state index is -1.00. The fourth-order valence-corrected chi connectivity index (χ4v) is 3.78. The first kappa shape index (κ1) is 22.3. The van der Waals surface area contributed by atoms with E-state index in [0.717, 1.165) is 23.8 Å². The van der Waals surface area contributed by atoms with Crippen LogP contribution in [0.3, 0.4) is 0 Å². The van der Waals surface area contributed by atoms with Crippen molar-refractivity contribution < 1.29 is 19.8 Å². The van der Waals surface area contributed by atoms with Crippen molar-refractivity contribution in [3.8, 4) is 11.1 Å². The minimum Gasteiger partial charge on any atom is -0.480 e. The maximum absolute atomic E-state index is 11.9. The van der Waals surface area contributed by atoms with Gasteiger partial charge in [-0.1, -0.05) is 50.5 Å². The van der Waals surface area contributed by atoms with E-state index in [1.165, 1.54) is 24.8 Å². The van der Waals surface area contributed by atoms with Gasteiger partial charge < -0.3 is 15.1 Å². The number of anilines is 1. The minimum absolute atomic E-state index is 0.200. The van der Waals surface area contributed by atoms with Gasteiger partial charge in [-0.25, -0.2) is 9.78 Å². The molecule has 0 saturated heterocycles. The SMILES string of the molecule is CCCCCCc1ccc2nc(N(C)CC(=O)O)cc(-c3ccccc3C(=O)O)c2c1. The molecule has 0 radical (unpaired) electrons. The van der Waals surface area contributed by atoms with Gasteiger partial charge in [0.15, 0.2) is 0 Å². The van der Waals surface area contributed by atoms with Gasteiger partial charge in [0.2, 0.25) is 0 Å². The van der Waals surface area contributed by atoms with E-state index in [2.05, 4.69) is 24.0 Å². The Hall–Kier alpha value is -3.41. The molecule has 0 aliphatic heterocycles. The van der Waals surface area contributed by atoms with Crippen LogP contribution < -0.4 is 4.90 Å². The third kappa shape index (κ3) is 5.40. The second-order valence-corrected chi connectivity index (χ2v) is 7.79. The molecular formula is C25H28N2O4. The number of aryl methyl sites for hydroxylation is 1. The van der Waals surface area contributed by atoms with Crippen LogP contribution in [-0.2, 0) is 11.2 Å². The molecule has 0 spiro atoms. The molecule has 1 heterocycles. The van der Waals surface area contributed by atoms with Gasteiger partial charge in [-0.2, -0.15) is 0 Å². The topological polar surface area (TPSA) is 90.7 Å². The van der Waals surface area contributed by atoms with Crippen LogP contribution in [-0.4, -0.2) is 40.7 Å². The summed E-state index contributed by atoms with van der Waals surface area (Å²) in [6, 6.07) is 14.7. The molecule has 2 N–H and O–H groups in total. The largest absolute Gasteiger partial charge is 0.480 e. The molecule has 0 atom stereocenters. The van der Waals surface area contributed by atoms with Crippen molar-refractivity contribution in [2.75, 3.05) is 18.5 Å². The number of likely N-dealkylation sites (N-methyl/N-ethyl adjacent to an activating group) is 1. The average molecular weight is 421 g/mol. The van der Waals surface area contributed by atoms with Crippen molar-refractivity contribution in [2.45, 2.75) is 39.0 Å². The fraction of sp³-hybridized carbons (Fsp3) is 0.320. The third-order valence-electron chi connectivity index (χ3n) is 5.39. The highest BCUT2D eigenvalue weighted by atomic mass is 16.4. The number of aromatic carboxylic acids is 1. The number of pyridine rings is 1. The van der Waals surface area contributed by atoms with Crippen LogP contribution in [0.25, 0.3) is 22.0 Å². The molecule has 0 amide bonds. The number of aromatic nitrogens is 1. The second kappa shape index (κ2) is 10.1. The third-order valence-corrected chi connectivity index (χ3v) is 5.39.